The molecule has 1 fully saturated rings. The Morgan fingerprint density at radius 1 is 1.09 bits per heavy atom. The highest BCUT2D eigenvalue weighted by molar-refractivity contribution is 7.51. The van der Waals surface area contributed by atoms with Crippen molar-refractivity contribution >= 4 is 7.75 Å². The van der Waals surface area contributed by atoms with Gasteiger partial charge < -0.3 is 5.32 Å². The summed E-state index contributed by atoms with van der Waals surface area (Å²) in [6.45, 7) is 11.7. The molecule has 0 amide bonds. The first-order valence-corrected chi connectivity index (χ1v) is 10.3. The van der Waals surface area contributed by atoms with Crippen LogP contribution in [0.1, 0.15) is 66.7 Å². The van der Waals surface area contributed by atoms with Gasteiger partial charge in [-0.3, -0.25) is 9.05 Å². The average molecular weight is 334 g/mol. The molecule has 0 heterocycles. The van der Waals surface area contributed by atoms with E-state index in [0.29, 0.717) is 19.1 Å². The fourth-order valence-corrected chi connectivity index (χ4v) is 4.92. The van der Waals surface area contributed by atoms with Crippen molar-refractivity contribution < 1.29 is 13.6 Å². The lowest BCUT2D eigenvalue weighted by atomic mass is 9.95. The molecule has 6 heteroatoms. The summed E-state index contributed by atoms with van der Waals surface area (Å²) < 4.78 is 26.3. The third-order valence-corrected chi connectivity index (χ3v) is 6.36. The van der Waals surface area contributed by atoms with Crippen LogP contribution in [-0.4, -0.2) is 42.6 Å². The Morgan fingerprint density at radius 3 is 2.09 bits per heavy atom. The molecule has 22 heavy (non-hydrogen) atoms. The maximum absolute atomic E-state index is 13.1. The number of likely N-dealkylation sites (N-methyl/N-ethyl adjacent to an activating group) is 1. The monoisotopic (exact) mass is 334 g/mol. The zero-order valence-electron chi connectivity index (χ0n) is 15.0. The highest BCUT2D eigenvalue weighted by Gasteiger charge is 2.34. The lowest BCUT2D eigenvalue weighted by Gasteiger charge is -2.32. The summed E-state index contributed by atoms with van der Waals surface area (Å²) in [7, 11) is -3.22. The molecule has 1 N–H and O–H groups in total. The predicted octanol–water partition coefficient (Wildman–Crippen LogP) is 4.19. The third-order valence-electron chi connectivity index (χ3n) is 3.81. The summed E-state index contributed by atoms with van der Waals surface area (Å²) in [5, 5.41) is 3.59. The minimum atomic E-state index is -3.22. The molecule has 1 saturated carbocycles. The van der Waals surface area contributed by atoms with Crippen LogP contribution in [0.25, 0.3) is 0 Å². The van der Waals surface area contributed by atoms with Crippen LogP contribution in [0.15, 0.2) is 0 Å². The molecule has 0 radical (unpaired) electrons. The molecule has 132 valence electrons. The molecule has 0 unspecified atom stereocenters. The van der Waals surface area contributed by atoms with Crippen LogP contribution in [0.2, 0.25) is 0 Å². The summed E-state index contributed by atoms with van der Waals surface area (Å²) >= 11 is 0. The number of hydrogen-bond acceptors (Lipinski definition) is 4. The molecule has 5 nitrogen and oxygen atoms in total. The lowest BCUT2D eigenvalue weighted by Crippen LogP contribution is -2.38. The summed E-state index contributed by atoms with van der Waals surface area (Å²) in [5.74, 6) is 0. The molecule has 0 spiro atoms. The highest BCUT2D eigenvalue weighted by Crippen LogP contribution is 2.53. The van der Waals surface area contributed by atoms with E-state index in [4.69, 9.17) is 9.05 Å². The molecule has 0 aromatic heterocycles. The molecule has 0 aliphatic heterocycles. The van der Waals surface area contributed by atoms with E-state index < -0.39 is 7.75 Å². The van der Waals surface area contributed by atoms with Gasteiger partial charge in [-0.1, -0.05) is 26.2 Å². The Hall–Kier alpha value is 0.0700. The number of nitrogens with one attached hydrogen (secondary N) is 1. The van der Waals surface area contributed by atoms with Gasteiger partial charge >= 0.3 is 7.75 Å². The fraction of sp³-hybridized carbons (Fsp3) is 1.00. The average Bonchev–Trinajstić information content (AvgIpc) is 2.42. The summed E-state index contributed by atoms with van der Waals surface area (Å²) in [6.07, 6.45) is 6.28. The second kappa shape index (κ2) is 10.0. The van der Waals surface area contributed by atoms with E-state index >= 15 is 0 Å². The number of hydrogen-bond donors (Lipinski definition) is 1. The van der Waals surface area contributed by atoms with Crippen molar-refractivity contribution in [2.45, 2.75) is 85.0 Å². The van der Waals surface area contributed by atoms with Crippen LogP contribution in [0.4, 0.5) is 0 Å². The molecule has 1 aliphatic rings. The molecule has 0 atom stereocenters. The Morgan fingerprint density at radius 2 is 1.64 bits per heavy atom. The Labute approximate surface area is 136 Å². The Balaban J connectivity index is 2.54. The van der Waals surface area contributed by atoms with Crippen LogP contribution in [0.3, 0.4) is 0 Å². The molecule has 0 saturated heterocycles. The van der Waals surface area contributed by atoms with Crippen LogP contribution in [0, 0.1) is 0 Å². The normalized spacial score (nSPS) is 17.8. The van der Waals surface area contributed by atoms with Gasteiger partial charge in [-0.15, -0.1) is 0 Å². The first kappa shape index (κ1) is 20.1. The quantitative estimate of drug-likeness (QED) is 0.607. The summed E-state index contributed by atoms with van der Waals surface area (Å²) in [4.78, 5) is 0. The molecule has 0 bridgehead atoms. The van der Waals surface area contributed by atoms with Crippen LogP contribution < -0.4 is 5.32 Å². The van der Waals surface area contributed by atoms with Crippen molar-refractivity contribution in [1.82, 2.24) is 9.99 Å². The summed E-state index contributed by atoms with van der Waals surface area (Å²) in [6, 6.07) is 0.615. The number of nitrogens with zero attached hydrogens (tertiary/aromatic N) is 1. The number of rotatable bonds is 10. The van der Waals surface area contributed by atoms with E-state index in [1.807, 2.05) is 39.3 Å². The minimum Gasteiger partial charge on any atom is -0.313 e. The zero-order chi connectivity index (χ0) is 16.6. The van der Waals surface area contributed by atoms with E-state index in [1.165, 1.54) is 32.1 Å². The first-order chi connectivity index (χ1) is 10.4. The van der Waals surface area contributed by atoms with E-state index in [1.54, 1.807) is 0 Å². The van der Waals surface area contributed by atoms with Crippen molar-refractivity contribution in [2.75, 3.05) is 19.6 Å². The zero-order valence-corrected chi connectivity index (χ0v) is 15.9. The molecular weight excluding hydrogens is 299 g/mol. The fourth-order valence-electron chi connectivity index (χ4n) is 2.85. The van der Waals surface area contributed by atoms with Gasteiger partial charge in [0.15, 0.2) is 0 Å². The third kappa shape index (κ3) is 7.10. The van der Waals surface area contributed by atoms with Crippen LogP contribution in [-0.2, 0) is 13.6 Å². The van der Waals surface area contributed by atoms with Crippen molar-refractivity contribution in [3.8, 4) is 0 Å². The largest absolute Gasteiger partial charge is 0.408 e. The molecule has 1 aliphatic carbocycles. The lowest BCUT2D eigenvalue weighted by molar-refractivity contribution is 0.106. The van der Waals surface area contributed by atoms with Gasteiger partial charge in [0, 0.05) is 25.7 Å². The van der Waals surface area contributed by atoms with Gasteiger partial charge in [-0.05, 0) is 40.5 Å². The van der Waals surface area contributed by atoms with Gasteiger partial charge in [-0.25, -0.2) is 9.24 Å². The van der Waals surface area contributed by atoms with Gasteiger partial charge in [-0.2, -0.15) is 0 Å². The van der Waals surface area contributed by atoms with Crippen LogP contribution in [0.5, 0.6) is 0 Å². The van der Waals surface area contributed by atoms with Crippen molar-refractivity contribution in [3.05, 3.63) is 0 Å². The van der Waals surface area contributed by atoms with Gasteiger partial charge in [0.05, 0.1) is 12.2 Å². The van der Waals surface area contributed by atoms with Gasteiger partial charge in [0.1, 0.15) is 0 Å². The topological polar surface area (TPSA) is 50.8 Å². The van der Waals surface area contributed by atoms with E-state index in [-0.39, 0.29) is 12.2 Å². The standard InChI is InChI=1S/C16H35N2O3P/c1-6-18(13-12-17-16-10-8-7-9-11-16)22(19,20-14(2)3)21-15(4)5/h14-17H,6-13H2,1-5H3. The molecular formula is C16H35N2O3P. The smallest absolute Gasteiger partial charge is 0.313 e. The summed E-state index contributed by atoms with van der Waals surface area (Å²) in [5.41, 5.74) is 0. The van der Waals surface area contributed by atoms with Crippen molar-refractivity contribution in [2.24, 2.45) is 0 Å². The van der Waals surface area contributed by atoms with E-state index in [9.17, 15) is 4.57 Å². The minimum absolute atomic E-state index is 0.120. The highest BCUT2D eigenvalue weighted by atomic mass is 31.2. The SMILES string of the molecule is CCN(CCNC1CCCCC1)P(=O)(OC(C)C)OC(C)C. The van der Waals surface area contributed by atoms with Gasteiger partial charge in [0.2, 0.25) is 0 Å². The van der Waals surface area contributed by atoms with Gasteiger partial charge in [0.25, 0.3) is 0 Å². The first-order valence-electron chi connectivity index (χ1n) is 8.83. The van der Waals surface area contributed by atoms with Crippen molar-refractivity contribution in [1.29, 1.82) is 0 Å². The second-order valence-electron chi connectivity index (χ2n) is 6.61. The molecule has 0 aromatic rings. The molecule has 0 aromatic carbocycles. The predicted molar refractivity (Wildman–Crippen MR) is 92.2 cm³/mol. The second-order valence-corrected chi connectivity index (χ2v) is 8.54. The molecule has 1 rings (SSSR count). The Bertz CT molecular complexity index is 330. The van der Waals surface area contributed by atoms with Crippen LogP contribution >= 0.6 is 7.75 Å². The maximum atomic E-state index is 13.1. The maximum Gasteiger partial charge on any atom is 0.408 e. The Kier molecular flexibility index (Phi) is 9.18. The van der Waals surface area contributed by atoms with E-state index in [2.05, 4.69) is 5.32 Å². The van der Waals surface area contributed by atoms with E-state index in [0.717, 1.165) is 6.54 Å². The van der Waals surface area contributed by atoms with Crippen molar-refractivity contribution in [3.63, 3.8) is 0 Å².